The first-order valence-corrected chi connectivity index (χ1v) is 5.19. The molecule has 5 heteroatoms. The predicted molar refractivity (Wildman–Crippen MR) is 58.1 cm³/mol. The van der Waals surface area contributed by atoms with E-state index in [2.05, 4.69) is 26.1 Å². The van der Waals surface area contributed by atoms with Gasteiger partial charge in [-0.05, 0) is 30.7 Å². The fourth-order valence-corrected chi connectivity index (χ4v) is 1.90. The van der Waals surface area contributed by atoms with Gasteiger partial charge in [0.1, 0.15) is 6.61 Å². The number of halogens is 1. The number of rotatable bonds is 2. The Labute approximate surface area is 95.1 Å². The molecule has 2 aromatic rings. The monoisotopic (exact) mass is 268 g/mol. The minimum absolute atomic E-state index is 0.212. The highest BCUT2D eigenvalue weighted by Gasteiger charge is 2.08. The third kappa shape index (κ3) is 2.24. The van der Waals surface area contributed by atoms with Crippen molar-refractivity contribution in [2.45, 2.75) is 13.5 Å². The standard InChI is InChI=1S/C10H9BrN2O2/c1-6-2-7(4-8(11)3-6)10-12-9(5-14)13-15-10/h2-4,14H,5H2,1H3. The normalized spacial score (nSPS) is 10.6. The summed E-state index contributed by atoms with van der Waals surface area (Å²) in [6, 6.07) is 5.83. The van der Waals surface area contributed by atoms with Crippen molar-refractivity contribution in [1.82, 2.24) is 10.1 Å². The Morgan fingerprint density at radius 2 is 2.20 bits per heavy atom. The van der Waals surface area contributed by atoms with E-state index in [9.17, 15) is 0 Å². The SMILES string of the molecule is Cc1cc(Br)cc(-c2nc(CO)no2)c1. The van der Waals surface area contributed by atoms with Gasteiger partial charge in [-0.3, -0.25) is 0 Å². The summed E-state index contributed by atoms with van der Waals surface area (Å²) in [4.78, 5) is 4.03. The van der Waals surface area contributed by atoms with Gasteiger partial charge in [-0.25, -0.2) is 0 Å². The zero-order valence-corrected chi connectivity index (χ0v) is 9.65. The van der Waals surface area contributed by atoms with Gasteiger partial charge in [0, 0.05) is 10.0 Å². The number of hydrogen-bond donors (Lipinski definition) is 1. The molecule has 2 rings (SSSR count). The van der Waals surface area contributed by atoms with E-state index in [4.69, 9.17) is 9.63 Å². The predicted octanol–water partition coefficient (Wildman–Crippen LogP) is 2.30. The van der Waals surface area contributed by atoms with E-state index >= 15 is 0 Å². The number of nitrogens with zero attached hydrogens (tertiary/aromatic N) is 2. The molecule has 4 nitrogen and oxygen atoms in total. The number of aliphatic hydroxyl groups excluding tert-OH is 1. The third-order valence-corrected chi connectivity index (χ3v) is 2.36. The van der Waals surface area contributed by atoms with E-state index in [1.807, 2.05) is 25.1 Å². The summed E-state index contributed by atoms with van der Waals surface area (Å²) in [6.45, 7) is 1.77. The average Bonchev–Trinajstić information content (AvgIpc) is 2.64. The molecule has 0 saturated heterocycles. The van der Waals surface area contributed by atoms with Crippen molar-refractivity contribution in [3.05, 3.63) is 34.1 Å². The van der Waals surface area contributed by atoms with E-state index in [0.29, 0.717) is 11.7 Å². The van der Waals surface area contributed by atoms with Crippen LogP contribution in [-0.2, 0) is 6.61 Å². The molecule has 1 heterocycles. The molecule has 0 amide bonds. The lowest BCUT2D eigenvalue weighted by Crippen LogP contribution is -1.85. The molecule has 1 aromatic heterocycles. The van der Waals surface area contributed by atoms with Crippen LogP contribution >= 0.6 is 15.9 Å². The van der Waals surface area contributed by atoms with Crippen LogP contribution in [0.1, 0.15) is 11.4 Å². The highest BCUT2D eigenvalue weighted by atomic mass is 79.9. The second kappa shape index (κ2) is 4.12. The lowest BCUT2D eigenvalue weighted by atomic mass is 10.1. The summed E-state index contributed by atoms with van der Waals surface area (Å²) in [5.41, 5.74) is 1.94. The Morgan fingerprint density at radius 3 is 2.80 bits per heavy atom. The molecule has 0 atom stereocenters. The Balaban J connectivity index is 2.44. The first-order valence-electron chi connectivity index (χ1n) is 4.40. The highest BCUT2D eigenvalue weighted by Crippen LogP contribution is 2.23. The quantitative estimate of drug-likeness (QED) is 0.908. The third-order valence-electron chi connectivity index (χ3n) is 1.90. The lowest BCUT2D eigenvalue weighted by Gasteiger charge is -1.98. The zero-order chi connectivity index (χ0) is 10.8. The molecule has 15 heavy (non-hydrogen) atoms. The van der Waals surface area contributed by atoms with E-state index < -0.39 is 0 Å². The number of aryl methyl sites for hydroxylation is 1. The van der Waals surface area contributed by atoms with Gasteiger partial charge in [0.25, 0.3) is 5.89 Å². The topological polar surface area (TPSA) is 59.2 Å². The molecule has 0 aliphatic heterocycles. The average molecular weight is 269 g/mol. The van der Waals surface area contributed by atoms with Crippen LogP contribution in [0, 0.1) is 6.92 Å². The smallest absolute Gasteiger partial charge is 0.258 e. The second-order valence-corrected chi connectivity index (χ2v) is 4.11. The van der Waals surface area contributed by atoms with Gasteiger partial charge < -0.3 is 9.63 Å². The van der Waals surface area contributed by atoms with E-state index in [-0.39, 0.29) is 6.61 Å². The Bertz CT molecular complexity index is 462. The maximum absolute atomic E-state index is 8.81. The van der Waals surface area contributed by atoms with Gasteiger partial charge in [0.15, 0.2) is 5.82 Å². The molecule has 1 aromatic carbocycles. The van der Waals surface area contributed by atoms with Crippen molar-refractivity contribution in [3.63, 3.8) is 0 Å². The van der Waals surface area contributed by atoms with Gasteiger partial charge >= 0.3 is 0 Å². The van der Waals surface area contributed by atoms with Crippen molar-refractivity contribution in [2.24, 2.45) is 0 Å². The molecular formula is C10H9BrN2O2. The van der Waals surface area contributed by atoms with Gasteiger partial charge in [-0.2, -0.15) is 4.98 Å². The maximum atomic E-state index is 8.81. The number of aromatic nitrogens is 2. The maximum Gasteiger partial charge on any atom is 0.258 e. The number of benzene rings is 1. The fourth-order valence-electron chi connectivity index (χ4n) is 1.30. The van der Waals surface area contributed by atoms with E-state index in [1.165, 1.54) is 0 Å². The Kier molecular flexibility index (Phi) is 2.83. The van der Waals surface area contributed by atoms with Gasteiger partial charge in [-0.15, -0.1) is 0 Å². The molecule has 0 saturated carbocycles. The van der Waals surface area contributed by atoms with E-state index in [1.54, 1.807) is 0 Å². The Hall–Kier alpha value is -1.20. The van der Waals surface area contributed by atoms with Crippen LogP contribution in [0.25, 0.3) is 11.5 Å². The molecule has 0 aliphatic carbocycles. The fraction of sp³-hybridized carbons (Fsp3) is 0.200. The van der Waals surface area contributed by atoms with Crippen LogP contribution in [0.15, 0.2) is 27.2 Å². The second-order valence-electron chi connectivity index (χ2n) is 3.19. The Morgan fingerprint density at radius 1 is 1.40 bits per heavy atom. The van der Waals surface area contributed by atoms with Crippen molar-refractivity contribution in [3.8, 4) is 11.5 Å². The van der Waals surface area contributed by atoms with Crippen molar-refractivity contribution in [1.29, 1.82) is 0 Å². The summed E-state index contributed by atoms with van der Waals surface area (Å²) >= 11 is 3.39. The summed E-state index contributed by atoms with van der Waals surface area (Å²) in [5, 5.41) is 12.4. The molecule has 1 N–H and O–H groups in total. The molecule has 0 unspecified atom stereocenters. The summed E-state index contributed by atoms with van der Waals surface area (Å²) in [7, 11) is 0. The largest absolute Gasteiger partial charge is 0.388 e. The summed E-state index contributed by atoms with van der Waals surface area (Å²) in [5.74, 6) is 0.714. The van der Waals surface area contributed by atoms with E-state index in [0.717, 1.165) is 15.6 Å². The van der Waals surface area contributed by atoms with Crippen LogP contribution < -0.4 is 0 Å². The first-order chi connectivity index (χ1) is 7.19. The van der Waals surface area contributed by atoms with Gasteiger partial charge in [0.2, 0.25) is 0 Å². The minimum atomic E-state index is -0.212. The van der Waals surface area contributed by atoms with Gasteiger partial charge in [-0.1, -0.05) is 21.1 Å². The number of hydrogen-bond acceptors (Lipinski definition) is 4. The molecule has 0 radical (unpaired) electrons. The first kappa shape index (κ1) is 10.3. The van der Waals surface area contributed by atoms with Crippen LogP contribution in [0.2, 0.25) is 0 Å². The van der Waals surface area contributed by atoms with Crippen LogP contribution in [0.3, 0.4) is 0 Å². The minimum Gasteiger partial charge on any atom is -0.388 e. The molecule has 78 valence electrons. The highest BCUT2D eigenvalue weighted by molar-refractivity contribution is 9.10. The van der Waals surface area contributed by atoms with Crippen molar-refractivity contribution < 1.29 is 9.63 Å². The summed E-state index contributed by atoms with van der Waals surface area (Å²) in [6.07, 6.45) is 0. The molecule has 0 fully saturated rings. The number of aliphatic hydroxyl groups is 1. The molecule has 0 bridgehead atoms. The van der Waals surface area contributed by atoms with Crippen LogP contribution in [0.5, 0.6) is 0 Å². The molecule has 0 aliphatic rings. The van der Waals surface area contributed by atoms with Crippen LogP contribution in [-0.4, -0.2) is 15.2 Å². The van der Waals surface area contributed by atoms with Gasteiger partial charge in [0.05, 0.1) is 0 Å². The van der Waals surface area contributed by atoms with Crippen molar-refractivity contribution >= 4 is 15.9 Å². The zero-order valence-electron chi connectivity index (χ0n) is 8.07. The van der Waals surface area contributed by atoms with Crippen LogP contribution in [0.4, 0.5) is 0 Å². The molecule has 0 spiro atoms. The lowest BCUT2D eigenvalue weighted by molar-refractivity contribution is 0.264. The summed E-state index contributed by atoms with van der Waals surface area (Å²) < 4.78 is 5.97. The van der Waals surface area contributed by atoms with Crippen molar-refractivity contribution in [2.75, 3.05) is 0 Å². The molecular weight excluding hydrogens is 260 g/mol.